The molecule has 9 heteroatoms. The molecule has 5 aromatic rings. The number of rotatable bonds is 13. The monoisotopic (exact) mass is 685 g/mol. The lowest BCUT2D eigenvalue weighted by molar-refractivity contribution is -0.122. The molecule has 50 heavy (non-hydrogen) atoms. The Hall–Kier alpha value is -5.54. The van der Waals surface area contributed by atoms with Crippen molar-refractivity contribution in [2.75, 3.05) is 32.6 Å². The lowest BCUT2D eigenvalue weighted by Crippen LogP contribution is -2.50. The van der Waals surface area contributed by atoms with E-state index in [1.54, 1.807) is 11.8 Å². The minimum Gasteiger partial charge on any atom is -0.449 e. The number of fused-ring (bicyclic) bond motifs is 3. The topological polar surface area (TPSA) is 106 Å². The molecule has 254 valence electrons. The second-order valence-corrected chi connectivity index (χ2v) is 13.0. The van der Waals surface area contributed by atoms with Gasteiger partial charge in [-0.15, -0.1) is 11.8 Å². The van der Waals surface area contributed by atoms with E-state index in [-0.39, 0.29) is 31.4 Å². The molecule has 6 rings (SSSR count). The Bertz CT molecular complexity index is 1760. The quantitative estimate of drug-likeness (QED) is 0.0903. The Labute approximate surface area is 296 Å². The Balaban J connectivity index is 1.25. The molecule has 1 aliphatic carbocycles. The first-order chi connectivity index (χ1) is 24.5. The van der Waals surface area contributed by atoms with Crippen LogP contribution in [0.4, 0.5) is 9.59 Å². The molecular weight excluding hydrogens is 647 g/mol. The van der Waals surface area contributed by atoms with Crippen LogP contribution in [0.2, 0.25) is 0 Å². The minimum absolute atomic E-state index is 0.0296. The van der Waals surface area contributed by atoms with Gasteiger partial charge in [0.25, 0.3) is 0 Å². The zero-order valence-corrected chi connectivity index (χ0v) is 28.5. The van der Waals surface area contributed by atoms with Gasteiger partial charge in [0.15, 0.2) is 0 Å². The fourth-order valence-electron chi connectivity index (χ4n) is 6.46. The summed E-state index contributed by atoms with van der Waals surface area (Å²) in [6, 6.07) is 45.7. The number of benzene rings is 5. The van der Waals surface area contributed by atoms with E-state index in [4.69, 9.17) is 9.47 Å². The zero-order chi connectivity index (χ0) is 34.8. The van der Waals surface area contributed by atoms with Crippen molar-refractivity contribution < 1.29 is 23.9 Å². The first kappa shape index (κ1) is 34.3. The fraction of sp³-hybridized carbons (Fsp3) is 0.195. The molecular formula is C41H39N3O5S. The summed E-state index contributed by atoms with van der Waals surface area (Å²) in [5.41, 5.74) is 7.54. The number of carbonyl (C=O) groups is 3. The second kappa shape index (κ2) is 16.2. The van der Waals surface area contributed by atoms with Crippen molar-refractivity contribution in [2.45, 2.75) is 16.7 Å². The van der Waals surface area contributed by atoms with Gasteiger partial charge >= 0.3 is 12.2 Å². The van der Waals surface area contributed by atoms with Gasteiger partial charge in [0.05, 0.1) is 11.3 Å². The van der Waals surface area contributed by atoms with E-state index in [2.05, 4.69) is 76.6 Å². The molecule has 0 aromatic heterocycles. The van der Waals surface area contributed by atoms with Crippen molar-refractivity contribution in [3.05, 3.63) is 167 Å². The summed E-state index contributed by atoms with van der Waals surface area (Å²) >= 11 is 1.55. The molecule has 0 bridgehead atoms. The first-order valence-electron chi connectivity index (χ1n) is 16.6. The predicted octanol–water partition coefficient (Wildman–Crippen LogP) is 7.09. The van der Waals surface area contributed by atoms with E-state index in [0.717, 1.165) is 38.9 Å². The average Bonchev–Trinajstić information content (AvgIpc) is 3.50. The zero-order valence-electron chi connectivity index (χ0n) is 27.7. The number of hydrogen-bond acceptors (Lipinski definition) is 6. The third kappa shape index (κ3) is 7.53. The molecule has 0 radical (unpaired) electrons. The molecule has 3 N–H and O–H groups in total. The van der Waals surface area contributed by atoms with Gasteiger partial charge < -0.3 is 25.4 Å². The van der Waals surface area contributed by atoms with Gasteiger partial charge in [0.2, 0.25) is 5.91 Å². The molecule has 0 heterocycles. The largest absolute Gasteiger partial charge is 0.449 e. The number of amides is 3. The van der Waals surface area contributed by atoms with Gasteiger partial charge in [-0.2, -0.15) is 0 Å². The normalized spacial score (nSPS) is 12.6. The Morgan fingerprint density at radius 1 is 0.660 bits per heavy atom. The van der Waals surface area contributed by atoms with Gasteiger partial charge in [-0.1, -0.05) is 140 Å². The second-order valence-electron chi connectivity index (χ2n) is 11.8. The van der Waals surface area contributed by atoms with Crippen LogP contribution in [-0.2, 0) is 19.0 Å². The van der Waals surface area contributed by atoms with Crippen molar-refractivity contribution >= 4 is 29.9 Å². The summed E-state index contributed by atoms with van der Waals surface area (Å²) in [5.74, 6) is -0.349. The highest BCUT2D eigenvalue weighted by atomic mass is 32.2. The van der Waals surface area contributed by atoms with Crippen LogP contribution in [0, 0.1) is 0 Å². The summed E-state index contributed by atoms with van der Waals surface area (Å²) in [4.78, 5) is 38.9. The molecule has 8 nitrogen and oxygen atoms in total. The number of hydrogen-bond donors (Lipinski definition) is 3. The number of ether oxygens (including phenoxy) is 2. The lowest BCUT2D eigenvalue weighted by atomic mass is 9.84. The van der Waals surface area contributed by atoms with Crippen molar-refractivity contribution in [3.8, 4) is 11.1 Å². The highest BCUT2D eigenvalue weighted by Gasteiger charge is 2.39. The third-order valence-electron chi connectivity index (χ3n) is 8.80. The molecule has 1 atom stereocenters. The average molecular weight is 686 g/mol. The number of carbonyl (C=O) groups excluding carboxylic acids is 3. The summed E-state index contributed by atoms with van der Waals surface area (Å²) in [7, 11) is 1.46. The van der Waals surface area contributed by atoms with Crippen LogP contribution in [-0.4, -0.2) is 56.7 Å². The van der Waals surface area contributed by atoms with Crippen LogP contribution in [0.25, 0.3) is 11.1 Å². The first-order valence-corrected chi connectivity index (χ1v) is 17.5. The summed E-state index contributed by atoms with van der Waals surface area (Å²) in [6.07, 6.45) is -1.29. The van der Waals surface area contributed by atoms with Crippen LogP contribution >= 0.6 is 11.8 Å². The highest BCUT2D eigenvalue weighted by Crippen LogP contribution is 2.49. The smallest absolute Gasteiger partial charge is 0.407 e. The number of alkyl carbamates (subject to hydrolysis) is 2. The number of nitrogens with one attached hydrogen (secondary N) is 3. The Kier molecular flexibility index (Phi) is 11.1. The van der Waals surface area contributed by atoms with Crippen molar-refractivity contribution in [3.63, 3.8) is 0 Å². The molecule has 5 aromatic carbocycles. The molecule has 0 spiro atoms. The van der Waals surface area contributed by atoms with Crippen LogP contribution in [0.15, 0.2) is 140 Å². The molecule has 3 amide bonds. The predicted molar refractivity (Wildman–Crippen MR) is 197 cm³/mol. The SMILES string of the molecule is CNC(=O)OCCNC(=O)[C@H](CSC(c1ccccc1)(c1ccccc1)c1ccccc1)NC(=O)OCC1c2ccccc2-c2ccccc21. The van der Waals surface area contributed by atoms with Crippen LogP contribution < -0.4 is 16.0 Å². The van der Waals surface area contributed by atoms with Crippen LogP contribution in [0.5, 0.6) is 0 Å². The van der Waals surface area contributed by atoms with E-state index in [1.165, 1.54) is 7.05 Å². The molecule has 1 aliphatic rings. The molecule has 0 saturated heterocycles. The van der Waals surface area contributed by atoms with Crippen LogP contribution in [0.3, 0.4) is 0 Å². The Morgan fingerprint density at radius 2 is 1.14 bits per heavy atom. The molecule has 0 unspecified atom stereocenters. The van der Waals surface area contributed by atoms with E-state index >= 15 is 0 Å². The fourth-order valence-corrected chi connectivity index (χ4v) is 8.02. The maximum absolute atomic E-state index is 13.8. The Morgan fingerprint density at radius 3 is 1.64 bits per heavy atom. The van der Waals surface area contributed by atoms with Crippen molar-refractivity contribution in [2.24, 2.45) is 0 Å². The van der Waals surface area contributed by atoms with E-state index in [1.807, 2.05) is 78.9 Å². The number of thioether (sulfide) groups is 1. The van der Waals surface area contributed by atoms with Gasteiger partial charge in [-0.05, 0) is 38.9 Å². The van der Waals surface area contributed by atoms with Gasteiger partial charge in [-0.25, -0.2) is 9.59 Å². The molecule has 0 aliphatic heterocycles. The summed E-state index contributed by atoms with van der Waals surface area (Å²) in [5, 5.41) is 8.07. The lowest BCUT2D eigenvalue weighted by Gasteiger charge is -2.36. The summed E-state index contributed by atoms with van der Waals surface area (Å²) < 4.78 is 10.2. The maximum atomic E-state index is 13.8. The van der Waals surface area contributed by atoms with E-state index < -0.39 is 28.9 Å². The maximum Gasteiger partial charge on any atom is 0.407 e. The van der Waals surface area contributed by atoms with Crippen molar-refractivity contribution in [1.29, 1.82) is 0 Å². The molecule has 0 saturated carbocycles. The van der Waals surface area contributed by atoms with Gasteiger partial charge in [0.1, 0.15) is 19.3 Å². The third-order valence-corrected chi connectivity index (χ3v) is 10.4. The molecule has 0 fully saturated rings. The standard InChI is InChI=1S/C41H39N3O5S/c1-42-39(46)48-26-25-43-38(45)37(44-40(47)49-27-36-34-23-13-11-21-32(34)33-22-12-14-24-35(33)36)28-50-41(29-15-5-2-6-16-29,30-17-7-3-8-18-30)31-19-9-4-10-20-31/h2-24,36-37H,25-28H2,1H3,(H,42,46)(H,43,45)(H,44,47)/t37-/m0/s1. The highest BCUT2D eigenvalue weighted by molar-refractivity contribution is 8.00. The van der Waals surface area contributed by atoms with E-state index in [0.29, 0.717) is 0 Å². The van der Waals surface area contributed by atoms with Gasteiger partial charge in [-0.3, -0.25) is 4.79 Å². The summed E-state index contributed by atoms with van der Waals surface area (Å²) in [6.45, 7) is 0.155. The van der Waals surface area contributed by atoms with Crippen LogP contribution in [0.1, 0.15) is 33.7 Å². The minimum atomic E-state index is -0.980. The van der Waals surface area contributed by atoms with E-state index in [9.17, 15) is 14.4 Å². The van der Waals surface area contributed by atoms with Crippen molar-refractivity contribution in [1.82, 2.24) is 16.0 Å². The van der Waals surface area contributed by atoms with Gasteiger partial charge in [0, 0.05) is 18.7 Å².